The van der Waals surface area contributed by atoms with Gasteiger partial charge in [0.25, 0.3) is 11.5 Å². The van der Waals surface area contributed by atoms with Crippen LogP contribution < -0.4 is 16.2 Å². The number of rotatable bonds is 5. The summed E-state index contributed by atoms with van der Waals surface area (Å²) < 4.78 is 1.40. The van der Waals surface area contributed by atoms with Crippen LogP contribution in [0, 0.1) is 0 Å². The molecule has 3 rings (SSSR count). The van der Waals surface area contributed by atoms with Gasteiger partial charge in [0, 0.05) is 34.5 Å². The van der Waals surface area contributed by atoms with Gasteiger partial charge in [-0.1, -0.05) is 35.3 Å². The maximum absolute atomic E-state index is 12.8. The van der Waals surface area contributed by atoms with E-state index in [-0.39, 0.29) is 18.0 Å². The van der Waals surface area contributed by atoms with Gasteiger partial charge in [-0.3, -0.25) is 14.4 Å². The first-order chi connectivity index (χ1) is 13.8. The van der Waals surface area contributed by atoms with Gasteiger partial charge in [-0.25, -0.2) is 0 Å². The average Bonchev–Trinajstić information content (AvgIpc) is 2.65. The lowest BCUT2D eigenvalue weighted by atomic mass is 10.2. The van der Waals surface area contributed by atoms with Crippen LogP contribution in [0.4, 0.5) is 11.4 Å². The quantitative estimate of drug-likeness (QED) is 0.629. The molecule has 0 aliphatic heterocycles. The van der Waals surface area contributed by atoms with Gasteiger partial charge in [-0.2, -0.15) is 0 Å². The number of carbonyl (C=O) groups is 2. The second-order valence-electron chi connectivity index (χ2n) is 6.31. The number of pyridine rings is 1. The Bertz CT molecular complexity index is 1140. The van der Waals surface area contributed by atoms with E-state index in [1.807, 2.05) is 0 Å². The third kappa shape index (κ3) is 5.25. The highest BCUT2D eigenvalue weighted by Gasteiger charge is 2.14. The van der Waals surface area contributed by atoms with Gasteiger partial charge in [0.2, 0.25) is 5.91 Å². The Morgan fingerprint density at radius 1 is 0.966 bits per heavy atom. The summed E-state index contributed by atoms with van der Waals surface area (Å²) in [5, 5.41) is 6.25. The summed E-state index contributed by atoms with van der Waals surface area (Å²) in [6, 6.07) is 14.7. The summed E-state index contributed by atoms with van der Waals surface area (Å²) in [5.41, 5.74) is 1.24. The second-order valence-corrected chi connectivity index (χ2v) is 7.15. The molecule has 0 saturated carbocycles. The summed E-state index contributed by atoms with van der Waals surface area (Å²) in [4.78, 5) is 36.6. The van der Waals surface area contributed by atoms with E-state index in [9.17, 15) is 14.4 Å². The Labute approximate surface area is 177 Å². The minimum atomic E-state index is -0.550. The molecule has 1 aromatic heterocycles. The maximum Gasteiger partial charge on any atom is 0.263 e. The van der Waals surface area contributed by atoms with E-state index in [1.54, 1.807) is 54.7 Å². The molecule has 148 valence electrons. The summed E-state index contributed by atoms with van der Waals surface area (Å²) in [7, 11) is 0. The monoisotopic (exact) mass is 429 g/mol. The van der Waals surface area contributed by atoms with Crippen LogP contribution in [-0.4, -0.2) is 16.4 Å². The Morgan fingerprint density at radius 2 is 1.69 bits per heavy atom. The van der Waals surface area contributed by atoms with Gasteiger partial charge in [-0.15, -0.1) is 0 Å². The fraction of sp³-hybridized carbons (Fsp3) is 0.0952. The van der Waals surface area contributed by atoms with Crippen LogP contribution in [0.25, 0.3) is 0 Å². The molecule has 0 saturated heterocycles. The SMILES string of the molecule is CC(=O)Nc1cccc(NC(=O)c2cccn(Cc3ccc(Cl)cc3Cl)c2=O)c1. The number of aromatic nitrogens is 1. The van der Waals surface area contributed by atoms with Crippen LogP contribution in [0.3, 0.4) is 0 Å². The van der Waals surface area contributed by atoms with E-state index in [1.165, 1.54) is 17.6 Å². The third-order valence-electron chi connectivity index (χ3n) is 4.06. The molecule has 2 N–H and O–H groups in total. The Hall–Kier alpha value is -3.09. The van der Waals surface area contributed by atoms with E-state index in [0.29, 0.717) is 27.0 Å². The van der Waals surface area contributed by atoms with Crippen LogP contribution in [0.1, 0.15) is 22.8 Å². The molecule has 29 heavy (non-hydrogen) atoms. The molecule has 3 aromatic rings. The number of halogens is 2. The third-order valence-corrected chi connectivity index (χ3v) is 4.65. The molecule has 0 radical (unpaired) electrons. The molecule has 0 spiro atoms. The normalized spacial score (nSPS) is 10.4. The highest BCUT2D eigenvalue weighted by atomic mass is 35.5. The minimum Gasteiger partial charge on any atom is -0.326 e. The van der Waals surface area contributed by atoms with Gasteiger partial charge in [0.05, 0.1) is 6.54 Å². The van der Waals surface area contributed by atoms with Crippen molar-refractivity contribution in [3.63, 3.8) is 0 Å². The van der Waals surface area contributed by atoms with Crippen LogP contribution in [0.15, 0.2) is 65.6 Å². The molecule has 0 unspecified atom stereocenters. The lowest BCUT2D eigenvalue weighted by Crippen LogP contribution is -2.29. The number of carbonyl (C=O) groups excluding carboxylic acids is 2. The van der Waals surface area contributed by atoms with Crippen molar-refractivity contribution < 1.29 is 9.59 Å². The van der Waals surface area contributed by atoms with E-state index in [4.69, 9.17) is 23.2 Å². The zero-order chi connectivity index (χ0) is 21.0. The molecule has 8 heteroatoms. The largest absolute Gasteiger partial charge is 0.326 e. The standard InChI is InChI=1S/C21H17Cl2N3O3/c1-13(27)24-16-4-2-5-17(11-16)25-20(28)18-6-3-9-26(21(18)29)12-14-7-8-15(22)10-19(14)23/h2-11H,12H2,1H3,(H,24,27)(H,25,28). The van der Waals surface area contributed by atoms with Crippen molar-refractivity contribution >= 4 is 46.4 Å². The first kappa shape index (κ1) is 20.6. The van der Waals surface area contributed by atoms with Crippen molar-refractivity contribution in [2.75, 3.05) is 10.6 Å². The fourth-order valence-corrected chi connectivity index (χ4v) is 3.21. The average molecular weight is 430 g/mol. The van der Waals surface area contributed by atoms with Gasteiger partial charge in [0.15, 0.2) is 0 Å². The molecule has 2 amide bonds. The first-order valence-corrected chi connectivity index (χ1v) is 9.41. The topological polar surface area (TPSA) is 80.2 Å². The molecule has 0 fully saturated rings. The zero-order valence-corrected chi connectivity index (χ0v) is 16.9. The summed E-state index contributed by atoms with van der Waals surface area (Å²) in [5.74, 6) is -0.771. The minimum absolute atomic E-state index is 0.0116. The molecule has 0 bridgehead atoms. The smallest absolute Gasteiger partial charge is 0.263 e. The summed E-state index contributed by atoms with van der Waals surface area (Å²) in [6.45, 7) is 1.60. The number of anilines is 2. The molecule has 0 aliphatic carbocycles. The molecule has 1 heterocycles. The van der Waals surface area contributed by atoms with Crippen molar-refractivity contribution in [3.8, 4) is 0 Å². The summed E-state index contributed by atoms with van der Waals surface area (Å²) >= 11 is 12.1. The number of hydrogen-bond acceptors (Lipinski definition) is 3. The predicted octanol–water partition coefficient (Wildman–Crippen LogP) is 4.41. The Balaban J connectivity index is 1.82. The second kappa shape index (κ2) is 8.94. The number of hydrogen-bond donors (Lipinski definition) is 2. The van der Waals surface area contributed by atoms with Gasteiger partial charge in [-0.05, 0) is 48.0 Å². The highest BCUT2D eigenvalue weighted by molar-refractivity contribution is 6.35. The zero-order valence-electron chi connectivity index (χ0n) is 15.4. The van der Waals surface area contributed by atoms with Crippen molar-refractivity contribution in [2.45, 2.75) is 13.5 Å². The molecule has 0 aliphatic rings. The highest BCUT2D eigenvalue weighted by Crippen LogP contribution is 2.21. The molecule has 6 nitrogen and oxygen atoms in total. The predicted molar refractivity (Wildman–Crippen MR) is 115 cm³/mol. The lowest BCUT2D eigenvalue weighted by Gasteiger charge is -2.11. The molecular weight excluding hydrogens is 413 g/mol. The van der Waals surface area contributed by atoms with Gasteiger partial charge in [0.1, 0.15) is 5.56 Å². The van der Waals surface area contributed by atoms with Gasteiger partial charge >= 0.3 is 0 Å². The van der Waals surface area contributed by atoms with Crippen molar-refractivity contribution in [1.29, 1.82) is 0 Å². The first-order valence-electron chi connectivity index (χ1n) is 8.66. The fourth-order valence-electron chi connectivity index (χ4n) is 2.74. The van der Waals surface area contributed by atoms with Crippen LogP contribution >= 0.6 is 23.2 Å². The Morgan fingerprint density at radius 3 is 2.38 bits per heavy atom. The van der Waals surface area contributed by atoms with Crippen molar-refractivity contribution in [1.82, 2.24) is 4.57 Å². The Kier molecular flexibility index (Phi) is 6.36. The van der Waals surface area contributed by atoms with E-state index in [2.05, 4.69) is 10.6 Å². The van der Waals surface area contributed by atoms with E-state index in [0.717, 1.165) is 0 Å². The van der Waals surface area contributed by atoms with Crippen LogP contribution in [0.5, 0.6) is 0 Å². The maximum atomic E-state index is 12.8. The number of amides is 2. The lowest BCUT2D eigenvalue weighted by molar-refractivity contribution is -0.114. The van der Waals surface area contributed by atoms with Crippen LogP contribution in [-0.2, 0) is 11.3 Å². The number of benzene rings is 2. The van der Waals surface area contributed by atoms with Gasteiger partial charge < -0.3 is 15.2 Å². The van der Waals surface area contributed by atoms with Crippen LogP contribution in [0.2, 0.25) is 10.0 Å². The van der Waals surface area contributed by atoms with Crippen molar-refractivity contribution in [2.24, 2.45) is 0 Å². The number of nitrogens with zero attached hydrogens (tertiary/aromatic N) is 1. The van der Waals surface area contributed by atoms with Crippen molar-refractivity contribution in [3.05, 3.63) is 92.3 Å². The van der Waals surface area contributed by atoms with E-state index < -0.39 is 11.5 Å². The van der Waals surface area contributed by atoms with E-state index >= 15 is 0 Å². The molecular formula is C21H17Cl2N3O3. The molecule has 2 aromatic carbocycles. The summed E-state index contributed by atoms with van der Waals surface area (Å²) in [6.07, 6.45) is 1.58. The number of nitrogens with one attached hydrogen (secondary N) is 2. The molecule has 0 atom stereocenters.